The Morgan fingerprint density at radius 2 is 2.17 bits per heavy atom. The van der Waals surface area contributed by atoms with E-state index in [9.17, 15) is 9.50 Å². The van der Waals surface area contributed by atoms with Crippen molar-refractivity contribution >= 4 is 0 Å². The second-order valence-corrected chi connectivity index (χ2v) is 4.23. The summed E-state index contributed by atoms with van der Waals surface area (Å²) < 4.78 is 20.7. The molecule has 3 nitrogen and oxygen atoms in total. The molecular formula is C14H16FNO2. The molecule has 0 aliphatic heterocycles. The lowest BCUT2D eigenvalue weighted by molar-refractivity contribution is 0.199. The fraction of sp³-hybridized carbons (Fsp3) is 0.286. The Bertz CT molecular complexity index is 534. The van der Waals surface area contributed by atoms with Crippen LogP contribution in [-0.4, -0.2) is 16.8 Å². The van der Waals surface area contributed by atoms with E-state index >= 15 is 0 Å². The largest absolute Gasteiger partial charge is 0.494 e. The molecule has 1 N–H and O–H groups in total. The van der Waals surface area contributed by atoms with Gasteiger partial charge in [-0.15, -0.1) is 0 Å². The Hall–Kier alpha value is -1.81. The number of benzene rings is 1. The normalized spacial score (nSPS) is 12.4. The number of hydrogen-bond donors (Lipinski definition) is 1. The molecule has 0 fully saturated rings. The van der Waals surface area contributed by atoms with Gasteiger partial charge in [0.25, 0.3) is 0 Å². The van der Waals surface area contributed by atoms with Crippen LogP contribution in [0.2, 0.25) is 0 Å². The van der Waals surface area contributed by atoms with Crippen LogP contribution in [0.4, 0.5) is 4.39 Å². The summed E-state index contributed by atoms with van der Waals surface area (Å²) >= 11 is 0. The number of aromatic nitrogens is 1. The minimum absolute atomic E-state index is 0.246. The number of ether oxygens (including phenoxy) is 1. The molecule has 4 heteroatoms. The molecule has 0 bridgehead atoms. The third kappa shape index (κ3) is 2.54. The molecule has 1 aromatic carbocycles. The lowest BCUT2D eigenvalue weighted by atomic mass is 10.2. The van der Waals surface area contributed by atoms with Gasteiger partial charge in [0.1, 0.15) is 0 Å². The molecule has 0 radical (unpaired) electrons. The Morgan fingerprint density at radius 3 is 2.78 bits per heavy atom. The average Bonchev–Trinajstić information content (AvgIpc) is 2.80. The zero-order valence-corrected chi connectivity index (χ0v) is 10.4. The summed E-state index contributed by atoms with van der Waals surface area (Å²) in [7, 11) is 1.45. The first-order valence-corrected chi connectivity index (χ1v) is 5.77. The summed E-state index contributed by atoms with van der Waals surface area (Å²) in [4.78, 5) is 0. The highest BCUT2D eigenvalue weighted by atomic mass is 19.1. The average molecular weight is 249 g/mol. The van der Waals surface area contributed by atoms with Gasteiger partial charge in [0.2, 0.25) is 0 Å². The Morgan fingerprint density at radius 1 is 1.39 bits per heavy atom. The topological polar surface area (TPSA) is 34.4 Å². The zero-order chi connectivity index (χ0) is 13.1. The molecule has 2 rings (SSSR count). The van der Waals surface area contributed by atoms with Crippen LogP contribution in [-0.2, 0) is 6.54 Å². The lowest BCUT2D eigenvalue weighted by Gasteiger charge is -2.08. The molecule has 0 aliphatic rings. The third-order valence-corrected chi connectivity index (χ3v) is 2.87. The molecule has 0 spiro atoms. The van der Waals surface area contributed by atoms with Crippen molar-refractivity contribution in [2.75, 3.05) is 7.11 Å². The second kappa shape index (κ2) is 5.23. The molecule has 18 heavy (non-hydrogen) atoms. The fourth-order valence-electron chi connectivity index (χ4n) is 1.84. The van der Waals surface area contributed by atoms with Crippen LogP contribution >= 0.6 is 0 Å². The predicted molar refractivity (Wildman–Crippen MR) is 67.1 cm³/mol. The van der Waals surface area contributed by atoms with Crippen molar-refractivity contribution in [3.05, 3.63) is 53.6 Å². The van der Waals surface area contributed by atoms with Crippen molar-refractivity contribution in [2.45, 2.75) is 19.6 Å². The summed E-state index contributed by atoms with van der Waals surface area (Å²) in [6.45, 7) is 2.11. The van der Waals surface area contributed by atoms with Crippen molar-refractivity contribution in [2.24, 2.45) is 0 Å². The molecule has 96 valence electrons. The molecule has 0 saturated carbocycles. The van der Waals surface area contributed by atoms with Gasteiger partial charge in [0.15, 0.2) is 11.6 Å². The number of halogens is 1. The fourth-order valence-corrected chi connectivity index (χ4v) is 1.84. The van der Waals surface area contributed by atoms with Gasteiger partial charge in [-0.2, -0.15) is 0 Å². The van der Waals surface area contributed by atoms with Crippen LogP contribution in [0.3, 0.4) is 0 Å². The smallest absolute Gasteiger partial charge is 0.170 e. The standard InChI is InChI=1S/C14H16FNO2/c1-10(17)11-6-7-16(8-11)9-12-4-3-5-13(18-2)14(12)15/h3-8,10,17H,9H2,1-2H3. The van der Waals surface area contributed by atoms with Crippen LogP contribution in [0, 0.1) is 5.82 Å². The first-order chi connectivity index (χ1) is 8.61. The van der Waals surface area contributed by atoms with Crippen molar-refractivity contribution in [3.63, 3.8) is 0 Å². The van der Waals surface area contributed by atoms with Crippen molar-refractivity contribution in [1.29, 1.82) is 0 Å². The van der Waals surface area contributed by atoms with Gasteiger partial charge in [-0.1, -0.05) is 12.1 Å². The van der Waals surface area contributed by atoms with Gasteiger partial charge in [-0.25, -0.2) is 4.39 Å². The number of rotatable bonds is 4. The summed E-state index contributed by atoms with van der Waals surface area (Å²) in [5.41, 5.74) is 1.38. The predicted octanol–water partition coefficient (Wildman–Crippen LogP) is 2.74. The van der Waals surface area contributed by atoms with E-state index in [2.05, 4.69) is 0 Å². The molecule has 1 unspecified atom stereocenters. The van der Waals surface area contributed by atoms with Crippen LogP contribution in [0.25, 0.3) is 0 Å². The molecule has 0 aliphatic carbocycles. The minimum atomic E-state index is -0.513. The Labute approximate surface area is 105 Å². The highest BCUT2D eigenvalue weighted by Gasteiger charge is 2.09. The summed E-state index contributed by atoms with van der Waals surface area (Å²) in [6.07, 6.45) is 3.12. The summed E-state index contributed by atoms with van der Waals surface area (Å²) in [6, 6.07) is 6.90. The SMILES string of the molecule is COc1cccc(Cn2ccc(C(C)O)c2)c1F. The van der Waals surface area contributed by atoms with E-state index in [0.717, 1.165) is 5.56 Å². The van der Waals surface area contributed by atoms with E-state index in [0.29, 0.717) is 12.1 Å². The Balaban J connectivity index is 2.23. The van der Waals surface area contributed by atoms with Gasteiger partial charge in [-0.3, -0.25) is 0 Å². The number of nitrogens with zero attached hydrogens (tertiary/aromatic N) is 1. The van der Waals surface area contributed by atoms with E-state index in [1.165, 1.54) is 7.11 Å². The van der Waals surface area contributed by atoms with Crippen molar-refractivity contribution < 1.29 is 14.2 Å². The second-order valence-electron chi connectivity index (χ2n) is 4.23. The third-order valence-electron chi connectivity index (χ3n) is 2.87. The van der Waals surface area contributed by atoms with E-state index in [4.69, 9.17) is 4.74 Å². The van der Waals surface area contributed by atoms with Crippen LogP contribution in [0.15, 0.2) is 36.7 Å². The Kier molecular flexibility index (Phi) is 3.67. The summed E-state index contributed by atoms with van der Waals surface area (Å²) in [5.74, 6) is -0.0947. The number of aliphatic hydroxyl groups is 1. The number of hydrogen-bond acceptors (Lipinski definition) is 2. The first kappa shape index (κ1) is 12.6. The molecule has 0 amide bonds. The maximum absolute atomic E-state index is 13.9. The zero-order valence-electron chi connectivity index (χ0n) is 10.4. The number of aliphatic hydroxyl groups excluding tert-OH is 1. The maximum Gasteiger partial charge on any atom is 0.170 e. The molecule has 1 atom stereocenters. The van der Waals surface area contributed by atoms with Crippen LogP contribution in [0.1, 0.15) is 24.2 Å². The first-order valence-electron chi connectivity index (χ1n) is 5.77. The van der Waals surface area contributed by atoms with Crippen LogP contribution < -0.4 is 4.74 Å². The number of methoxy groups -OCH3 is 1. The van der Waals surface area contributed by atoms with Gasteiger partial charge in [0, 0.05) is 18.0 Å². The lowest BCUT2D eigenvalue weighted by Crippen LogP contribution is -2.01. The van der Waals surface area contributed by atoms with Crippen molar-refractivity contribution in [1.82, 2.24) is 4.57 Å². The minimum Gasteiger partial charge on any atom is -0.494 e. The molecular weight excluding hydrogens is 233 g/mol. The van der Waals surface area contributed by atoms with E-state index < -0.39 is 6.10 Å². The summed E-state index contributed by atoms with van der Waals surface area (Å²) in [5, 5.41) is 9.43. The van der Waals surface area contributed by atoms with Gasteiger partial charge >= 0.3 is 0 Å². The van der Waals surface area contributed by atoms with Gasteiger partial charge < -0.3 is 14.4 Å². The molecule has 2 aromatic rings. The molecule has 1 heterocycles. The monoisotopic (exact) mass is 249 g/mol. The molecule has 1 aromatic heterocycles. The van der Waals surface area contributed by atoms with Gasteiger partial charge in [0.05, 0.1) is 19.8 Å². The highest BCUT2D eigenvalue weighted by molar-refractivity contribution is 5.31. The van der Waals surface area contributed by atoms with Gasteiger partial charge in [-0.05, 0) is 24.6 Å². The van der Waals surface area contributed by atoms with Crippen LogP contribution in [0.5, 0.6) is 5.75 Å². The van der Waals surface area contributed by atoms with E-state index in [1.807, 2.05) is 23.0 Å². The molecule has 0 saturated heterocycles. The van der Waals surface area contributed by atoms with E-state index in [1.54, 1.807) is 25.1 Å². The van der Waals surface area contributed by atoms with Crippen molar-refractivity contribution in [3.8, 4) is 5.75 Å². The highest BCUT2D eigenvalue weighted by Crippen LogP contribution is 2.21. The quantitative estimate of drug-likeness (QED) is 0.904. The van der Waals surface area contributed by atoms with E-state index in [-0.39, 0.29) is 11.6 Å². The maximum atomic E-state index is 13.9.